The van der Waals surface area contributed by atoms with Gasteiger partial charge in [-0.05, 0) is 37.6 Å². The Morgan fingerprint density at radius 3 is 2.60 bits per heavy atom. The summed E-state index contributed by atoms with van der Waals surface area (Å²) < 4.78 is 1.40. The van der Waals surface area contributed by atoms with E-state index >= 15 is 0 Å². The van der Waals surface area contributed by atoms with Crippen LogP contribution in [-0.2, 0) is 0 Å². The molecule has 0 saturated heterocycles. The molecule has 2 heterocycles. The number of para-hydroxylation sites is 1. The molecule has 1 aromatic carbocycles. The average molecular weight is 354 g/mol. The Kier molecular flexibility index (Phi) is 4.67. The number of rotatable bonds is 3. The van der Waals surface area contributed by atoms with Crippen LogP contribution in [0, 0.1) is 13.8 Å². The van der Waals surface area contributed by atoms with E-state index in [1.807, 2.05) is 19.1 Å². The first-order valence-electron chi connectivity index (χ1n) is 7.64. The summed E-state index contributed by atoms with van der Waals surface area (Å²) in [6.07, 6.45) is 4.61. The average Bonchev–Trinajstić information content (AvgIpc) is 2.57. The minimum Gasteiger partial charge on any atom is -0.507 e. The second-order valence-corrected chi connectivity index (χ2v) is 6.01. The predicted octanol–water partition coefficient (Wildman–Crippen LogP) is 3.95. The monoisotopic (exact) mass is 353 g/mol. The Labute approximate surface area is 149 Å². The fourth-order valence-electron chi connectivity index (χ4n) is 2.58. The van der Waals surface area contributed by atoms with Crippen molar-refractivity contribution in [2.24, 2.45) is 0 Å². The summed E-state index contributed by atoms with van der Waals surface area (Å²) in [4.78, 5) is 21.0. The quantitative estimate of drug-likeness (QED) is 0.724. The van der Waals surface area contributed by atoms with E-state index in [0.29, 0.717) is 27.8 Å². The molecule has 0 fully saturated rings. The molecule has 0 atom stereocenters. The van der Waals surface area contributed by atoms with Crippen molar-refractivity contribution >= 4 is 23.4 Å². The van der Waals surface area contributed by atoms with E-state index in [1.165, 1.54) is 16.7 Å². The van der Waals surface area contributed by atoms with Crippen LogP contribution in [-0.4, -0.2) is 19.6 Å². The van der Waals surface area contributed by atoms with Crippen LogP contribution in [0.5, 0.6) is 0 Å². The van der Waals surface area contributed by atoms with Gasteiger partial charge in [0.1, 0.15) is 11.6 Å². The molecule has 0 bridgehead atoms. The number of aromatic nitrogens is 3. The second-order valence-electron chi connectivity index (χ2n) is 5.60. The zero-order valence-electron chi connectivity index (χ0n) is 13.8. The number of nitrogens with zero attached hydrogens (tertiary/aromatic N) is 3. The summed E-state index contributed by atoms with van der Waals surface area (Å²) in [5.74, 6) is 0.286. The highest BCUT2D eigenvalue weighted by atomic mass is 35.5. The van der Waals surface area contributed by atoms with E-state index in [4.69, 9.17) is 11.6 Å². The minimum absolute atomic E-state index is 0.0154. The zero-order chi connectivity index (χ0) is 18.0. The number of pyridine rings is 1. The van der Waals surface area contributed by atoms with Crippen LogP contribution in [0.3, 0.4) is 0 Å². The Morgan fingerprint density at radius 1 is 1.20 bits per heavy atom. The van der Waals surface area contributed by atoms with Gasteiger partial charge in [0.05, 0.1) is 10.7 Å². The fraction of sp³-hybridized carbons (Fsp3) is 0.105. The van der Waals surface area contributed by atoms with Gasteiger partial charge in [0.2, 0.25) is 0 Å². The van der Waals surface area contributed by atoms with Crippen LogP contribution >= 0.6 is 11.6 Å². The van der Waals surface area contributed by atoms with Gasteiger partial charge in [-0.3, -0.25) is 14.3 Å². The van der Waals surface area contributed by atoms with Crippen LogP contribution in [0.2, 0.25) is 5.02 Å². The smallest absolute Gasteiger partial charge is 0.258 e. The maximum Gasteiger partial charge on any atom is 0.258 e. The van der Waals surface area contributed by atoms with Crippen molar-refractivity contribution in [1.29, 1.82) is 0 Å². The molecule has 0 radical (unpaired) electrons. The number of aryl methyl sites for hydroxylation is 2. The molecular weight excluding hydrogens is 338 g/mol. The summed E-state index contributed by atoms with van der Waals surface area (Å²) in [7, 11) is 0. The van der Waals surface area contributed by atoms with Crippen LogP contribution in [0.15, 0.2) is 53.6 Å². The largest absolute Gasteiger partial charge is 0.507 e. The predicted molar refractivity (Wildman–Crippen MR) is 99.1 cm³/mol. The molecule has 126 valence electrons. The van der Waals surface area contributed by atoms with Gasteiger partial charge >= 0.3 is 0 Å². The van der Waals surface area contributed by atoms with Gasteiger partial charge in [-0.2, -0.15) is 0 Å². The lowest BCUT2D eigenvalue weighted by Crippen LogP contribution is -2.23. The molecule has 5 nitrogen and oxygen atoms in total. The number of hydrogen-bond acceptors (Lipinski definition) is 4. The van der Waals surface area contributed by atoms with Gasteiger partial charge < -0.3 is 5.11 Å². The summed E-state index contributed by atoms with van der Waals surface area (Å²) in [5, 5.41) is 10.8. The molecule has 6 heteroatoms. The normalized spacial score (nSPS) is 11.6. The van der Waals surface area contributed by atoms with E-state index in [-0.39, 0.29) is 11.3 Å². The van der Waals surface area contributed by atoms with Crippen LogP contribution in [0.25, 0.3) is 17.5 Å². The molecule has 3 rings (SSSR count). The van der Waals surface area contributed by atoms with Crippen LogP contribution in [0.1, 0.15) is 22.6 Å². The van der Waals surface area contributed by atoms with Crippen molar-refractivity contribution in [2.75, 3.05) is 0 Å². The van der Waals surface area contributed by atoms with Gasteiger partial charge in [0, 0.05) is 35.8 Å². The maximum atomic E-state index is 12.6. The van der Waals surface area contributed by atoms with E-state index in [9.17, 15) is 9.90 Å². The van der Waals surface area contributed by atoms with E-state index in [0.717, 1.165) is 5.56 Å². The van der Waals surface area contributed by atoms with Gasteiger partial charge in [-0.1, -0.05) is 23.7 Å². The molecule has 0 saturated carbocycles. The lowest BCUT2D eigenvalue weighted by Gasteiger charge is -2.14. The molecule has 0 amide bonds. The standard InChI is InChI=1S/C19H16ClN3O2/c1-12-4-3-5-15(20)19(12)23-17(22-13(2)10-18(23)25)11-16(24)14-6-8-21-9-7-14/h3-11,24H,1-2H3/b16-11+. The molecule has 0 aliphatic carbocycles. The van der Waals surface area contributed by atoms with Gasteiger partial charge in [0.15, 0.2) is 0 Å². The topological polar surface area (TPSA) is 68.0 Å². The summed E-state index contributed by atoms with van der Waals surface area (Å²) in [5.41, 5.74) is 2.25. The molecule has 1 N–H and O–H groups in total. The van der Waals surface area contributed by atoms with Crippen LogP contribution < -0.4 is 5.56 Å². The number of halogens is 1. The highest BCUT2D eigenvalue weighted by Crippen LogP contribution is 2.25. The first-order chi connectivity index (χ1) is 12.0. The number of aliphatic hydroxyl groups excluding tert-OH is 1. The highest BCUT2D eigenvalue weighted by Gasteiger charge is 2.14. The van der Waals surface area contributed by atoms with Crippen LogP contribution in [0.4, 0.5) is 0 Å². The number of benzene rings is 1. The first kappa shape index (κ1) is 16.9. The maximum absolute atomic E-state index is 12.6. The highest BCUT2D eigenvalue weighted by molar-refractivity contribution is 6.32. The summed E-state index contributed by atoms with van der Waals surface area (Å²) in [6.45, 7) is 3.59. The Balaban J connectivity index is 2.26. The molecule has 2 aromatic heterocycles. The molecule has 25 heavy (non-hydrogen) atoms. The molecule has 0 aliphatic heterocycles. The number of aliphatic hydroxyl groups is 1. The third-order valence-electron chi connectivity index (χ3n) is 3.73. The lowest BCUT2D eigenvalue weighted by atomic mass is 10.1. The molecule has 3 aromatic rings. The van der Waals surface area contributed by atoms with Crippen molar-refractivity contribution < 1.29 is 5.11 Å². The van der Waals surface area contributed by atoms with Gasteiger partial charge in [-0.15, -0.1) is 0 Å². The van der Waals surface area contributed by atoms with Crippen molar-refractivity contribution in [3.05, 3.63) is 86.8 Å². The third kappa shape index (κ3) is 3.46. The Hall–Kier alpha value is -2.92. The molecule has 0 aliphatic rings. The minimum atomic E-state index is -0.266. The SMILES string of the molecule is Cc1cc(=O)n(-c2c(C)cccc2Cl)c(/C=C(/O)c2ccncc2)n1. The van der Waals surface area contributed by atoms with E-state index in [1.54, 1.807) is 37.5 Å². The lowest BCUT2D eigenvalue weighted by molar-refractivity contribution is 0.515. The first-order valence-corrected chi connectivity index (χ1v) is 8.02. The van der Waals surface area contributed by atoms with Crippen molar-refractivity contribution in [3.63, 3.8) is 0 Å². The number of hydrogen-bond donors (Lipinski definition) is 1. The third-order valence-corrected chi connectivity index (χ3v) is 4.03. The Bertz CT molecular complexity index is 991. The van der Waals surface area contributed by atoms with Gasteiger partial charge in [-0.25, -0.2) is 4.98 Å². The zero-order valence-corrected chi connectivity index (χ0v) is 14.5. The molecule has 0 spiro atoms. The Morgan fingerprint density at radius 2 is 1.92 bits per heavy atom. The summed E-state index contributed by atoms with van der Waals surface area (Å²) in [6, 6.07) is 10.2. The van der Waals surface area contributed by atoms with Crippen molar-refractivity contribution in [1.82, 2.24) is 14.5 Å². The van der Waals surface area contributed by atoms with E-state index in [2.05, 4.69) is 9.97 Å². The van der Waals surface area contributed by atoms with Gasteiger partial charge in [0.25, 0.3) is 5.56 Å². The molecular formula is C19H16ClN3O2. The molecule has 0 unspecified atom stereocenters. The van der Waals surface area contributed by atoms with Crippen molar-refractivity contribution in [3.8, 4) is 5.69 Å². The summed E-state index contributed by atoms with van der Waals surface area (Å²) >= 11 is 6.32. The fourth-order valence-corrected chi connectivity index (χ4v) is 2.88. The second kappa shape index (κ2) is 6.91. The van der Waals surface area contributed by atoms with E-state index < -0.39 is 0 Å². The van der Waals surface area contributed by atoms with Crippen molar-refractivity contribution in [2.45, 2.75) is 13.8 Å².